The van der Waals surface area contributed by atoms with Crippen LogP contribution in [0.3, 0.4) is 0 Å². The zero-order valence-corrected chi connectivity index (χ0v) is 16.2. The van der Waals surface area contributed by atoms with Gasteiger partial charge < -0.3 is 14.4 Å². The lowest BCUT2D eigenvalue weighted by molar-refractivity contribution is -0.118. The summed E-state index contributed by atoms with van der Waals surface area (Å²) in [5.74, 6) is 1.48. The van der Waals surface area contributed by atoms with Gasteiger partial charge >= 0.3 is 0 Å². The van der Waals surface area contributed by atoms with Gasteiger partial charge in [0.05, 0.1) is 16.6 Å². The lowest BCUT2D eigenvalue weighted by Crippen LogP contribution is -2.37. The van der Waals surface area contributed by atoms with Crippen LogP contribution in [0.4, 0.5) is 5.13 Å². The Balaban J connectivity index is 1.63. The number of hydrogen-bond acceptors (Lipinski definition) is 6. The summed E-state index contributed by atoms with van der Waals surface area (Å²) in [5, 5.41) is 0.705. The van der Waals surface area contributed by atoms with E-state index >= 15 is 0 Å². The molecule has 1 aromatic heterocycles. The Morgan fingerprint density at radius 3 is 2.59 bits per heavy atom. The number of carbonyl (C=O) groups excluding carboxylic acids is 1. The van der Waals surface area contributed by atoms with Gasteiger partial charge in [0.25, 0.3) is 0 Å². The van der Waals surface area contributed by atoms with Crippen molar-refractivity contribution in [2.24, 2.45) is 0 Å². The SMILES string of the molecule is CN(C)CCN(C(=O)Cc1ccccc1)c1nc2cc3c(cc2s1)OCO3. The molecule has 0 unspecified atom stereocenters. The number of aromatic nitrogens is 1. The Kier molecular flexibility index (Phi) is 4.96. The highest BCUT2D eigenvalue weighted by atomic mass is 32.1. The smallest absolute Gasteiger partial charge is 0.233 e. The molecule has 1 aliphatic rings. The molecular weight excluding hydrogens is 362 g/mol. The first-order chi connectivity index (χ1) is 13.1. The monoisotopic (exact) mass is 383 g/mol. The average molecular weight is 383 g/mol. The first-order valence-corrected chi connectivity index (χ1v) is 9.61. The molecule has 0 bridgehead atoms. The molecule has 0 fully saturated rings. The first-order valence-electron chi connectivity index (χ1n) is 8.79. The van der Waals surface area contributed by atoms with E-state index in [2.05, 4.69) is 4.90 Å². The van der Waals surface area contributed by atoms with Gasteiger partial charge in [-0.25, -0.2) is 4.98 Å². The normalized spacial score (nSPS) is 12.7. The van der Waals surface area contributed by atoms with Crippen LogP contribution in [-0.2, 0) is 11.2 Å². The molecule has 27 heavy (non-hydrogen) atoms. The molecule has 1 aliphatic heterocycles. The second kappa shape index (κ2) is 7.54. The van der Waals surface area contributed by atoms with Crippen molar-refractivity contribution in [1.82, 2.24) is 9.88 Å². The third kappa shape index (κ3) is 3.89. The van der Waals surface area contributed by atoms with Crippen molar-refractivity contribution in [3.8, 4) is 11.5 Å². The van der Waals surface area contributed by atoms with Crippen molar-refractivity contribution < 1.29 is 14.3 Å². The van der Waals surface area contributed by atoms with Gasteiger partial charge in [0.2, 0.25) is 12.7 Å². The van der Waals surface area contributed by atoms with Crippen molar-refractivity contribution in [2.45, 2.75) is 6.42 Å². The highest BCUT2D eigenvalue weighted by Crippen LogP contribution is 2.39. The predicted molar refractivity (Wildman–Crippen MR) is 107 cm³/mol. The molecule has 0 spiro atoms. The number of nitrogens with zero attached hydrogens (tertiary/aromatic N) is 3. The van der Waals surface area contributed by atoms with Crippen LogP contribution in [0.15, 0.2) is 42.5 Å². The first kappa shape index (κ1) is 17.8. The zero-order valence-electron chi connectivity index (χ0n) is 15.3. The highest BCUT2D eigenvalue weighted by Gasteiger charge is 2.22. The van der Waals surface area contributed by atoms with Gasteiger partial charge in [-0.2, -0.15) is 0 Å². The number of hydrogen-bond donors (Lipinski definition) is 0. The molecule has 0 radical (unpaired) electrons. The summed E-state index contributed by atoms with van der Waals surface area (Å²) in [6.07, 6.45) is 0.354. The molecule has 140 valence electrons. The summed E-state index contributed by atoms with van der Waals surface area (Å²) in [5.41, 5.74) is 1.82. The maximum absolute atomic E-state index is 13.0. The lowest BCUT2D eigenvalue weighted by atomic mass is 10.1. The van der Waals surface area contributed by atoms with E-state index in [1.165, 1.54) is 11.3 Å². The summed E-state index contributed by atoms with van der Waals surface area (Å²) in [7, 11) is 3.99. The maximum Gasteiger partial charge on any atom is 0.233 e. The molecule has 0 saturated heterocycles. The summed E-state index contributed by atoms with van der Waals surface area (Å²) in [6.45, 7) is 1.59. The van der Waals surface area contributed by atoms with Crippen LogP contribution in [0, 0.1) is 0 Å². The molecule has 0 N–H and O–H groups in total. The molecule has 1 amide bonds. The van der Waals surface area contributed by atoms with Crippen LogP contribution in [-0.4, -0.2) is 49.8 Å². The van der Waals surface area contributed by atoms with E-state index in [0.29, 0.717) is 23.8 Å². The minimum absolute atomic E-state index is 0.0437. The number of fused-ring (bicyclic) bond motifs is 2. The molecule has 2 heterocycles. The van der Waals surface area contributed by atoms with E-state index in [4.69, 9.17) is 14.5 Å². The van der Waals surface area contributed by atoms with Crippen LogP contribution in [0.1, 0.15) is 5.56 Å². The van der Waals surface area contributed by atoms with Gasteiger partial charge in [0.15, 0.2) is 16.6 Å². The second-order valence-electron chi connectivity index (χ2n) is 6.68. The quantitative estimate of drug-likeness (QED) is 0.654. The molecule has 0 saturated carbocycles. The van der Waals surface area contributed by atoms with E-state index in [1.54, 1.807) is 4.90 Å². The third-order valence-corrected chi connectivity index (χ3v) is 5.41. The van der Waals surface area contributed by atoms with Gasteiger partial charge in [-0.3, -0.25) is 9.69 Å². The van der Waals surface area contributed by atoms with E-state index < -0.39 is 0 Å². The van der Waals surface area contributed by atoms with Gasteiger partial charge in [-0.15, -0.1) is 0 Å². The fourth-order valence-corrected chi connectivity index (χ4v) is 3.93. The Hall–Kier alpha value is -2.64. The number of thiazole rings is 1. The molecule has 0 atom stereocenters. The number of ether oxygens (including phenoxy) is 2. The summed E-state index contributed by atoms with van der Waals surface area (Å²) < 4.78 is 11.9. The van der Waals surface area contributed by atoms with Crippen molar-refractivity contribution >= 4 is 32.6 Å². The number of rotatable bonds is 6. The van der Waals surface area contributed by atoms with Crippen molar-refractivity contribution in [1.29, 1.82) is 0 Å². The summed E-state index contributed by atoms with van der Waals surface area (Å²) in [6, 6.07) is 13.6. The zero-order chi connectivity index (χ0) is 18.8. The van der Waals surface area contributed by atoms with Gasteiger partial charge in [-0.05, 0) is 19.7 Å². The van der Waals surface area contributed by atoms with Crippen molar-refractivity contribution in [2.75, 3.05) is 38.9 Å². The van der Waals surface area contributed by atoms with E-state index in [-0.39, 0.29) is 12.7 Å². The Morgan fingerprint density at radius 2 is 1.85 bits per heavy atom. The maximum atomic E-state index is 13.0. The summed E-state index contributed by atoms with van der Waals surface area (Å²) in [4.78, 5) is 21.6. The number of likely N-dealkylation sites (N-methyl/N-ethyl adjacent to an activating group) is 1. The van der Waals surface area contributed by atoms with E-state index in [9.17, 15) is 4.79 Å². The van der Waals surface area contributed by atoms with Gasteiger partial charge in [-0.1, -0.05) is 41.7 Å². The van der Waals surface area contributed by atoms with Crippen LogP contribution < -0.4 is 14.4 Å². The van der Waals surface area contributed by atoms with E-state index in [0.717, 1.165) is 28.1 Å². The van der Waals surface area contributed by atoms with Crippen LogP contribution in [0.25, 0.3) is 10.2 Å². The Morgan fingerprint density at radius 1 is 1.11 bits per heavy atom. The minimum Gasteiger partial charge on any atom is -0.454 e. The number of carbonyl (C=O) groups is 1. The Bertz CT molecular complexity index is 915. The Labute approximate surface area is 161 Å². The van der Waals surface area contributed by atoms with Crippen LogP contribution in [0.5, 0.6) is 11.5 Å². The van der Waals surface area contributed by atoms with Crippen LogP contribution >= 0.6 is 11.3 Å². The third-order valence-electron chi connectivity index (χ3n) is 4.37. The molecule has 2 aromatic carbocycles. The summed E-state index contributed by atoms with van der Waals surface area (Å²) >= 11 is 1.50. The topological polar surface area (TPSA) is 54.9 Å². The van der Waals surface area contributed by atoms with Crippen molar-refractivity contribution in [3.05, 3.63) is 48.0 Å². The fraction of sp³-hybridized carbons (Fsp3) is 0.300. The largest absolute Gasteiger partial charge is 0.454 e. The molecule has 6 nitrogen and oxygen atoms in total. The standard InChI is InChI=1S/C20H21N3O3S/c1-22(2)8-9-23(19(24)10-14-6-4-3-5-7-14)20-21-15-11-16-17(26-13-25-16)12-18(15)27-20/h3-7,11-12H,8-10,13H2,1-2H3. The lowest BCUT2D eigenvalue weighted by Gasteiger charge is -2.22. The number of benzene rings is 2. The average Bonchev–Trinajstić information content (AvgIpc) is 3.26. The van der Waals surface area contributed by atoms with Crippen LogP contribution in [0.2, 0.25) is 0 Å². The van der Waals surface area contributed by atoms with Gasteiger partial charge in [0, 0.05) is 25.2 Å². The number of anilines is 1. The van der Waals surface area contributed by atoms with Gasteiger partial charge in [0.1, 0.15) is 0 Å². The van der Waals surface area contributed by atoms with Crippen molar-refractivity contribution in [3.63, 3.8) is 0 Å². The molecule has 4 rings (SSSR count). The molecule has 3 aromatic rings. The number of amides is 1. The fourth-order valence-electron chi connectivity index (χ4n) is 2.91. The molecule has 7 heteroatoms. The second-order valence-corrected chi connectivity index (χ2v) is 7.69. The molecular formula is C20H21N3O3S. The minimum atomic E-state index is 0.0437. The van der Waals surface area contributed by atoms with E-state index in [1.807, 2.05) is 56.6 Å². The molecule has 0 aliphatic carbocycles. The predicted octanol–water partition coefficient (Wildman–Crippen LogP) is 3.16. The highest BCUT2D eigenvalue weighted by molar-refractivity contribution is 7.22.